The van der Waals surface area contributed by atoms with Crippen LogP contribution in [-0.2, 0) is 12.8 Å². The van der Waals surface area contributed by atoms with Gasteiger partial charge in [0.05, 0.1) is 12.2 Å². The number of aromatic hydroxyl groups is 2. The van der Waals surface area contributed by atoms with Gasteiger partial charge >= 0.3 is 0 Å². The van der Waals surface area contributed by atoms with Crippen LogP contribution in [0.15, 0.2) is 84.9 Å². The number of ether oxygens (including phenoxy) is 2. The molecule has 0 bridgehead atoms. The van der Waals surface area contributed by atoms with Gasteiger partial charge < -0.3 is 29.9 Å². The van der Waals surface area contributed by atoms with Gasteiger partial charge in [-0.25, -0.2) is 0 Å². The normalized spacial score (nSPS) is 21.1. The molecule has 0 saturated carbocycles. The molecule has 6 heteroatoms. The molecule has 2 aliphatic rings. The summed E-state index contributed by atoms with van der Waals surface area (Å²) in [5.41, 5.74) is 6.03. The average Bonchev–Trinajstić information content (AvgIpc) is 2.98. The fraction of sp³-hybridized carbons (Fsp3) is 0.294. The van der Waals surface area contributed by atoms with Crippen molar-refractivity contribution in [3.8, 4) is 23.0 Å². The number of aryl methyl sites for hydroxylation is 2. The van der Waals surface area contributed by atoms with Crippen LogP contribution in [0, 0.1) is 0 Å². The number of fused-ring (bicyclic) bond motifs is 2. The van der Waals surface area contributed by atoms with E-state index in [1.807, 2.05) is 0 Å². The van der Waals surface area contributed by atoms with Crippen LogP contribution in [0.1, 0.15) is 84.5 Å². The predicted molar refractivity (Wildman–Crippen MR) is 154 cm³/mol. The first kappa shape index (κ1) is 27.6. The van der Waals surface area contributed by atoms with Crippen LogP contribution in [0.25, 0.3) is 0 Å². The van der Waals surface area contributed by atoms with E-state index in [1.54, 1.807) is 36.4 Å². The number of benzene rings is 4. The van der Waals surface area contributed by atoms with Crippen LogP contribution in [-0.4, -0.2) is 20.4 Å². The van der Waals surface area contributed by atoms with Crippen molar-refractivity contribution in [2.75, 3.05) is 0 Å². The number of hydrogen-bond acceptors (Lipinski definition) is 6. The van der Waals surface area contributed by atoms with Crippen molar-refractivity contribution in [3.05, 3.63) is 118 Å². The highest BCUT2D eigenvalue weighted by molar-refractivity contribution is 5.44. The van der Waals surface area contributed by atoms with E-state index in [-0.39, 0.29) is 23.7 Å². The molecule has 4 aromatic carbocycles. The van der Waals surface area contributed by atoms with Gasteiger partial charge in [-0.3, -0.25) is 0 Å². The summed E-state index contributed by atoms with van der Waals surface area (Å²) >= 11 is 0. The molecule has 4 unspecified atom stereocenters. The first-order valence-corrected chi connectivity index (χ1v) is 13.9. The standard InChI is InChI=1S/2C17H18O3/c2*1-2-11-3-5-12(6-4-11)17-10-15(19)14-9-13(18)7-8-16(14)20-17/h2*3-9,15,17-19H,2,10H2,1H3. The summed E-state index contributed by atoms with van der Waals surface area (Å²) in [6.45, 7) is 4.25. The molecule has 0 aliphatic carbocycles. The summed E-state index contributed by atoms with van der Waals surface area (Å²) in [6.07, 6.45) is 1.51. The summed E-state index contributed by atoms with van der Waals surface area (Å²) in [5, 5.41) is 39.4. The SMILES string of the molecule is CCc1ccc(C2CC(O)c3cc(O)ccc3O2)cc1.CCc1ccc(C2CC(O)c3cc(O)ccc3O2)cc1. The number of hydrogen-bond donors (Lipinski definition) is 4. The van der Waals surface area contributed by atoms with Gasteiger partial charge in [0.25, 0.3) is 0 Å². The maximum Gasteiger partial charge on any atom is 0.127 e. The first-order chi connectivity index (χ1) is 19.3. The highest BCUT2D eigenvalue weighted by Gasteiger charge is 2.29. The Balaban J connectivity index is 0.000000161. The van der Waals surface area contributed by atoms with E-state index >= 15 is 0 Å². The monoisotopic (exact) mass is 540 g/mol. The fourth-order valence-corrected chi connectivity index (χ4v) is 5.21. The van der Waals surface area contributed by atoms with E-state index in [0.717, 1.165) is 24.0 Å². The lowest BCUT2D eigenvalue weighted by Gasteiger charge is -2.30. The third-order valence-corrected chi connectivity index (χ3v) is 7.64. The molecule has 0 saturated heterocycles. The highest BCUT2D eigenvalue weighted by Crippen LogP contribution is 2.43. The fourth-order valence-electron chi connectivity index (χ4n) is 5.21. The summed E-state index contributed by atoms with van der Waals surface area (Å²) in [4.78, 5) is 0. The molecule has 4 atom stereocenters. The topological polar surface area (TPSA) is 99.4 Å². The van der Waals surface area contributed by atoms with E-state index < -0.39 is 12.2 Å². The van der Waals surface area contributed by atoms with Crippen molar-refractivity contribution in [1.29, 1.82) is 0 Å². The van der Waals surface area contributed by atoms with Crippen molar-refractivity contribution < 1.29 is 29.9 Å². The molecule has 6 rings (SSSR count). The van der Waals surface area contributed by atoms with Crippen LogP contribution in [0.4, 0.5) is 0 Å². The zero-order valence-electron chi connectivity index (χ0n) is 22.8. The van der Waals surface area contributed by atoms with Gasteiger partial charge in [-0.15, -0.1) is 0 Å². The van der Waals surface area contributed by atoms with Gasteiger partial charge in [0, 0.05) is 24.0 Å². The molecule has 0 fully saturated rings. The molecule has 40 heavy (non-hydrogen) atoms. The number of rotatable bonds is 4. The van der Waals surface area contributed by atoms with E-state index in [2.05, 4.69) is 62.4 Å². The molecule has 6 nitrogen and oxygen atoms in total. The third kappa shape index (κ3) is 6.09. The minimum Gasteiger partial charge on any atom is -0.508 e. The van der Waals surface area contributed by atoms with Crippen molar-refractivity contribution in [3.63, 3.8) is 0 Å². The summed E-state index contributed by atoms with van der Waals surface area (Å²) in [7, 11) is 0. The Morgan fingerprint density at radius 3 is 1.30 bits per heavy atom. The molecule has 0 radical (unpaired) electrons. The van der Waals surface area contributed by atoms with Gasteiger partial charge in [0.15, 0.2) is 0 Å². The second-order valence-electron chi connectivity index (χ2n) is 10.4. The van der Waals surface area contributed by atoms with Gasteiger partial charge in [0.1, 0.15) is 35.2 Å². The van der Waals surface area contributed by atoms with E-state index in [1.165, 1.54) is 11.1 Å². The number of phenols is 2. The van der Waals surface area contributed by atoms with Crippen LogP contribution < -0.4 is 9.47 Å². The predicted octanol–water partition coefficient (Wildman–Crippen LogP) is 7.02. The van der Waals surface area contributed by atoms with Gasteiger partial charge in [-0.1, -0.05) is 62.4 Å². The van der Waals surface area contributed by atoms with Crippen molar-refractivity contribution in [1.82, 2.24) is 0 Å². The van der Waals surface area contributed by atoms with Gasteiger partial charge in [-0.2, -0.15) is 0 Å². The lowest BCUT2D eigenvalue weighted by molar-refractivity contribution is 0.0651. The van der Waals surface area contributed by atoms with Gasteiger partial charge in [-0.05, 0) is 71.5 Å². The van der Waals surface area contributed by atoms with Crippen LogP contribution in [0.2, 0.25) is 0 Å². The Labute approximate surface area is 235 Å². The average molecular weight is 541 g/mol. The molecule has 2 heterocycles. The molecular formula is C34H36O6. The maximum atomic E-state index is 10.2. The van der Waals surface area contributed by atoms with Crippen LogP contribution in [0.5, 0.6) is 23.0 Å². The molecule has 208 valence electrons. The number of phenolic OH excluding ortho intramolecular Hbond substituents is 2. The van der Waals surface area contributed by atoms with Crippen LogP contribution in [0.3, 0.4) is 0 Å². The van der Waals surface area contributed by atoms with E-state index in [9.17, 15) is 20.4 Å². The minimum absolute atomic E-state index is 0.145. The summed E-state index contributed by atoms with van der Waals surface area (Å²) in [6, 6.07) is 26.3. The lowest BCUT2D eigenvalue weighted by atomic mass is 9.94. The minimum atomic E-state index is -0.610. The van der Waals surface area contributed by atoms with Crippen molar-refractivity contribution >= 4 is 0 Å². The zero-order chi connectivity index (χ0) is 28.2. The zero-order valence-corrected chi connectivity index (χ0v) is 22.8. The Bertz CT molecular complexity index is 1320. The van der Waals surface area contributed by atoms with Gasteiger partial charge in [0.2, 0.25) is 0 Å². The molecular weight excluding hydrogens is 504 g/mol. The molecule has 0 aromatic heterocycles. The van der Waals surface area contributed by atoms with E-state index in [4.69, 9.17) is 9.47 Å². The number of aliphatic hydroxyl groups is 2. The second kappa shape index (κ2) is 12.0. The number of aliphatic hydroxyl groups excluding tert-OH is 2. The summed E-state index contributed by atoms with van der Waals surface area (Å²) < 4.78 is 11.9. The van der Waals surface area contributed by atoms with Crippen LogP contribution >= 0.6 is 0 Å². The Morgan fingerprint density at radius 1 is 0.575 bits per heavy atom. The highest BCUT2D eigenvalue weighted by atomic mass is 16.5. The van der Waals surface area contributed by atoms with E-state index in [0.29, 0.717) is 35.5 Å². The molecule has 0 spiro atoms. The molecule has 2 aliphatic heterocycles. The molecule has 4 aromatic rings. The smallest absolute Gasteiger partial charge is 0.127 e. The molecule has 4 N–H and O–H groups in total. The lowest BCUT2D eigenvalue weighted by Crippen LogP contribution is -2.18. The largest absolute Gasteiger partial charge is 0.508 e. The van der Waals surface area contributed by atoms with Crippen molar-refractivity contribution in [2.24, 2.45) is 0 Å². The summed E-state index contributed by atoms with van der Waals surface area (Å²) in [5.74, 6) is 1.59. The quantitative estimate of drug-likeness (QED) is 0.222. The third-order valence-electron chi connectivity index (χ3n) is 7.64. The second-order valence-corrected chi connectivity index (χ2v) is 10.4. The van der Waals surface area contributed by atoms with Crippen molar-refractivity contribution in [2.45, 2.75) is 63.9 Å². The Hall–Kier alpha value is -4.00. The Kier molecular flexibility index (Phi) is 8.29. The maximum absolute atomic E-state index is 10.2. The molecule has 0 amide bonds. The first-order valence-electron chi connectivity index (χ1n) is 13.9. The Morgan fingerprint density at radius 2 is 0.950 bits per heavy atom.